The summed E-state index contributed by atoms with van der Waals surface area (Å²) in [5, 5.41) is 20.9. The van der Waals surface area contributed by atoms with Crippen molar-refractivity contribution in [1.29, 1.82) is 0 Å². The molecule has 0 unspecified atom stereocenters. The maximum absolute atomic E-state index is 10.7. The Balaban J connectivity index is 2.08. The van der Waals surface area contributed by atoms with Crippen LogP contribution in [0.3, 0.4) is 0 Å². The molecule has 1 fully saturated rings. The maximum Gasteiger partial charge on any atom is 0.119 e. The Kier molecular flexibility index (Phi) is 7.81. The average molecular weight is 347 g/mol. The molecule has 1 saturated carbocycles. The van der Waals surface area contributed by atoms with E-state index in [0.29, 0.717) is 5.75 Å². The van der Waals surface area contributed by atoms with E-state index in [1.165, 1.54) is 44.1 Å². The molecular formula is C23H38O2. The SMILES string of the molecule is CCCCCCC(C)(C)c1ccc([C@@H]2CCCCC[C@H](O)C2)c(O)c1. The van der Waals surface area contributed by atoms with Gasteiger partial charge >= 0.3 is 0 Å². The highest BCUT2D eigenvalue weighted by Crippen LogP contribution is 2.39. The van der Waals surface area contributed by atoms with Gasteiger partial charge in [-0.15, -0.1) is 0 Å². The number of rotatable bonds is 7. The largest absolute Gasteiger partial charge is 0.508 e. The Morgan fingerprint density at radius 1 is 1.04 bits per heavy atom. The highest BCUT2D eigenvalue weighted by atomic mass is 16.3. The minimum atomic E-state index is -0.223. The van der Waals surface area contributed by atoms with Crippen LogP contribution in [-0.4, -0.2) is 16.3 Å². The van der Waals surface area contributed by atoms with Crippen LogP contribution in [0.25, 0.3) is 0 Å². The van der Waals surface area contributed by atoms with Crippen LogP contribution in [-0.2, 0) is 5.41 Å². The van der Waals surface area contributed by atoms with Gasteiger partial charge in [-0.2, -0.15) is 0 Å². The Morgan fingerprint density at radius 2 is 1.80 bits per heavy atom. The van der Waals surface area contributed by atoms with Crippen molar-refractivity contribution < 1.29 is 10.2 Å². The van der Waals surface area contributed by atoms with Gasteiger partial charge in [0.15, 0.2) is 0 Å². The van der Waals surface area contributed by atoms with Gasteiger partial charge in [-0.05, 0) is 54.2 Å². The van der Waals surface area contributed by atoms with Gasteiger partial charge in [0.25, 0.3) is 0 Å². The fraction of sp³-hybridized carbons (Fsp3) is 0.739. The first-order valence-corrected chi connectivity index (χ1v) is 10.5. The van der Waals surface area contributed by atoms with Gasteiger partial charge in [-0.25, -0.2) is 0 Å². The van der Waals surface area contributed by atoms with Crippen molar-refractivity contribution in [3.05, 3.63) is 29.3 Å². The molecule has 2 heteroatoms. The topological polar surface area (TPSA) is 40.5 Å². The molecular weight excluding hydrogens is 308 g/mol. The summed E-state index contributed by atoms with van der Waals surface area (Å²) in [5.74, 6) is 0.717. The molecule has 1 aromatic carbocycles. The minimum absolute atomic E-state index is 0.101. The zero-order valence-electron chi connectivity index (χ0n) is 16.6. The van der Waals surface area contributed by atoms with Crippen molar-refractivity contribution in [2.24, 2.45) is 0 Å². The van der Waals surface area contributed by atoms with Crippen molar-refractivity contribution in [3.63, 3.8) is 0 Å². The summed E-state index contributed by atoms with van der Waals surface area (Å²) in [6.45, 7) is 6.81. The molecule has 142 valence electrons. The molecule has 1 aliphatic carbocycles. The summed E-state index contributed by atoms with van der Waals surface area (Å²) in [5.41, 5.74) is 2.37. The van der Waals surface area contributed by atoms with Crippen molar-refractivity contribution in [3.8, 4) is 5.75 Å². The van der Waals surface area contributed by atoms with Gasteiger partial charge in [0.2, 0.25) is 0 Å². The van der Waals surface area contributed by atoms with Crippen molar-refractivity contribution in [2.75, 3.05) is 0 Å². The fourth-order valence-electron chi connectivity index (χ4n) is 4.24. The monoisotopic (exact) mass is 346 g/mol. The lowest BCUT2D eigenvalue weighted by Crippen LogP contribution is -2.18. The second kappa shape index (κ2) is 9.62. The number of hydrogen-bond acceptors (Lipinski definition) is 2. The van der Waals surface area contributed by atoms with Crippen molar-refractivity contribution in [2.45, 2.75) is 109 Å². The van der Waals surface area contributed by atoms with Crippen LogP contribution in [0.4, 0.5) is 0 Å². The third-order valence-corrected chi connectivity index (χ3v) is 6.05. The normalized spacial score (nSPS) is 22.4. The van der Waals surface area contributed by atoms with E-state index in [1.807, 2.05) is 6.07 Å². The standard InChI is InChI=1S/C23H38O2/c1-4-5-6-10-15-23(2,3)19-13-14-21(22(25)17-19)18-11-8-7-9-12-20(24)16-18/h13-14,17-18,20,24-25H,4-12,15-16H2,1-3H3/t18-,20+/m1/s1. The Morgan fingerprint density at radius 3 is 2.52 bits per heavy atom. The first-order valence-electron chi connectivity index (χ1n) is 10.5. The van der Waals surface area contributed by atoms with Crippen molar-refractivity contribution >= 4 is 0 Å². The number of hydrogen-bond donors (Lipinski definition) is 2. The molecule has 2 atom stereocenters. The van der Waals surface area contributed by atoms with E-state index in [9.17, 15) is 10.2 Å². The van der Waals surface area contributed by atoms with Crippen LogP contribution in [0.2, 0.25) is 0 Å². The second-order valence-electron chi connectivity index (χ2n) is 8.69. The molecule has 0 radical (unpaired) electrons. The van der Waals surface area contributed by atoms with Crippen LogP contribution >= 0.6 is 0 Å². The predicted octanol–water partition coefficient (Wildman–Crippen LogP) is 6.44. The van der Waals surface area contributed by atoms with Gasteiger partial charge in [0, 0.05) is 0 Å². The maximum atomic E-state index is 10.7. The molecule has 2 nitrogen and oxygen atoms in total. The summed E-state index contributed by atoms with van der Waals surface area (Å²) in [6, 6.07) is 6.32. The molecule has 0 aromatic heterocycles. The average Bonchev–Trinajstić information content (AvgIpc) is 2.55. The smallest absolute Gasteiger partial charge is 0.119 e. The van der Waals surface area contributed by atoms with E-state index in [4.69, 9.17) is 0 Å². The van der Waals surface area contributed by atoms with Gasteiger partial charge in [0.1, 0.15) is 5.75 Å². The van der Waals surface area contributed by atoms with E-state index in [-0.39, 0.29) is 17.4 Å². The molecule has 0 amide bonds. The Hall–Kier alpha value is -1.02. The lowest BCUT2D eigenvalue weighted by Gasteiger charge is -2.28. The van der Waals surface area contributed by atoms with Gasteiger partial charge in [0.05, 0.1) is 6.10 Å². The molecule has 0 bridgehead atoms. The lowest BCUT2D eigenvalue weighted by atomic mass is 9.78. The van der Waals surface area contributed by atoms with E-state index in [0.717, 1.165) is 37.7 Å². The summed E-state index contributed by atoms with van der Waals surface area (Å²) in [4.78, 5) is 0. The second-order valence-corrected chi connectivity index (χ2v) is 8.69. The van der Waals surface area contributed by atoms with Crippen LogP contribution in [0, 0.1) is 0 Å². The molecule has 1 aliphatic rings. The molecule has 2 N–H and O–H groups in total. The molecule has 2 rings (SSSR count). The van der Waals surface area contributed by atoms with E-state index in [2.05, 4.69) is 32.9 Å². The number of unbranched alkanes of at least 4 members (excludes halogenated alkanes) is 3. The van der Waals surface area contributed by atoms with Gasteiger partial charge in [-0.3, -0.25) is 0 Å². The molecule has 1 aromatic rings. The first-order chi connectivity index (χ1) is 11.9. The molecule has 0 heterocycles. The van der Waals surface area contributed by atoms with Gasteiger partial charge < -0.3 is 10.2 Å². The minimum Gasteiger partial charge on any atom is -0.508 e. The summed E-state index contributed by atoms with van der Waals surface area (Å²) in [7, 11) is 0. The van der Waals surface area contributed by atoms with Crippen LogP contribution < -0.4 is 0 Å². The zero-order valence-corrected chi connectivity index (χ0v) is 16.6. The quantitative estimate of drug-likeness (QED) is 0.558. The highest BCUT2D eigenvalue weighted by molar-refractivity contribution is 5.41. The molecule has 0 spiro atoms. The Bertz CT molecular complexity index is 521. The molecule has 25 heavy (non-hydrogen) atoms. The molecule has 0 aliphatic heterocycles. The van der Waals surface area contributed by atoms with E-state index < -0.39 is 0 Å². The lowest BCUT2D eigenvalue weighted by molar-refractivity contribution is 0.133. The van der Waals surface area contributed by atoms with Crippen molar-refractivity contribution in [1.82, 2.24) is 0 Å². The van der Waals surface area contributed by atoms with Crippen LogP contribution in [0.15, 0.2) is 18.2 Å². The highest BCUT2D eigenvalue weighted by Gasteiger charge is 2.24. The number of aliphatic hydroxyl groups excluding tert-OH is 1. The van der Waals surface area contributed by atoms with Crippen LogP contribution in [0.5, 0.6) is 5.75 Å². The zero-order chi connectivity index (χ0) is 18.3. The Labute approximate surface area is 154 Å². The third kappa shape index (κ3) is 6.02. The summed E-state index contributed by atoms with van der Waals surface area (Å²) in [6.07, 6.45) is 12.3. The summed E-state index contributed by atoms with van der Waals surface area (Å²) >= 11 is 0. The predicted molar refractivity (Wildman–Crippen MR) is 106 cm³/mol. The number of phenols is 1. The number of aromatic hydroxyl groups is 1. The molecule has 0 saturated heterocycles. The summed E-state index contributed by atoms with van der Waals surface area (Å²) < 4.78 is 0. The third-order valence-electron chi connectivity index (χ3n) is 6.05. The number of aliphatic hydroxyl groups is 1. The number of benzene rings is 1. The first kappa shape index (κ1) is 20.3. The fourth-order valence-corrected chi connectivity index (χ4v) is 4.24. The van der Waals surface area contributed by atoms with E-state index in [1.54, 1.807) is 0 Å². The number of phenolic OH excluding ortho intramolecular Hbond substituents is 1. The van der Waals surface area contributed by atoms with Crippen LogP contribution in [0.1, 0.15) is 108 Å². The van der Waals surface area contributed by atoms with E-state index >= 15 is 0 Å². The van der Waals surface area contributed by atoms with Gasteiger partial charge in [-0.1, -0.05) is 77.8 Å².